The van der Waals surface area contributed by atoms with Gasteiger partial charge in [-0.15, -0.1) is 0 Å². The summed E-state index contributed by atoms with van der Waals surface area (Å²) in [4.78, 5) is 11.7. The molecule has 5 nitrogen and oxygen atoms in total. The zero-order valence-electron chi connectivity index (χ0n) is 10.6. The lowest BCUT2D eigenvalue weighted by molar-refractivity contribution is -0.121. The van der Waals surface area contributed by atoms with Crippen molar-refractivity contribution in [2.75, 3.05) is 0 Å². The molecular weight excluding hydrogens is 256 g/mol. The summed E-state index contributed by atoms with van der Waals surface area (Å²) in [6, 6.07) is 3.35. The van der Waals surface area contributed by atoms with Gasteiger partial charge in [-0.1, -0.05) is 11.2 Å². The van der Waals surface area contributed by atoms with Gasteiger partial charge in [-0.2, -0.15) is 0 Å². The molecule has 4 N–H and O–H groups in total. The molecule has 0 aliphatic rings. The summed E-state index contributed by atoms with van der Waals surface area (Å²) in [5.74, 6) is -2.44. The van der Waals surface area contributed by atoms with Crippen LogP contribution in [0.1, 0.15) is 19.4 Å². The Bertz CT molecular complexity index is 495. The van der Waals surface area contributed by atoms with Crippen molar-refractivity contribution < 1.29 is 18.8 Å². The first-order chi connectivity index (χ1) is 8.77. The number of amidine groups is 1. The first-order valence-electron chi connectivity index (χ1n) is 5.50. The van der Waals surface area contributed by atoms with Crippen LogP contribution in [0.25, 0.3) is 0 Å². The lowest BCUT2D eigenvalue weighted by Crippen LogP contribution is -2.53. The van der Waals surface area contributed by atoms with Gasteiger partial charge in [0.2, 0.25) is 5.91 Å². The number of nitrogens with one attached hydrogen (secondary N) is 1. The van der Waals surface area contributed by atoms with Gasteiger partial charge in [0.25, 0.3) is 0 Å². The van der Waals surface area contributed by atoms with Crippen LogP contribution in [0.4, 0.5) is 8.78 Å². The molecule has 0 aromatic heterocycles. The summed E-state index contributed by atoms with van der Waals surface area (Å²) < 4.78 is 26.7. The highest BCUT2D eigenvalue weighted by Crippen LogP contribution is 2.13. The smallest absolute Gasteiger partial charge is 0.225 e. The molecule has 1 aromatic rings. The van der Waals surface area contributed by atoms with Crippen LogP contribution in [0.15, 0.2) is 23.4 Å². The Morgan fingerprint density at radius 3 is 2.42 bits per heavy atom. The van der Waals surface area contributed by atoms with Crippen LogP contribution in [0.2, 0.25) is 0 Å². The highest BCUT2D eigenvalue weighted by molar-refractivity contribution is 5.93. The number of carbonyl (C=O) groups is 1. The maximum Gasteiger partial charge on any atom is 0.225 e. The zero-order valence-corrected chi connectivity index (χ0v) is 10.6. The van der Waals surface area contributed by atoms with E-state index in [4.69, 9.17) is 10.9 Å². The Balaban J connectivity index is 2.82. The largest absolute Gasteiger partial charge is 0.409 e. The molecule has 0 spiro atoms. The van der Waals surface area contributed by atoms with E-state index in [9.17, 15) is 13.6 Å². The van der Waals surface area contributed by atoms with Gasteiger partial charge in [0.15, 0.2) is 5.84 Å². The maximum absolute atomic E-state index is 13.4. The van der Waals surface area contributed by atoms with Crippen LogP contribution in [0.3, 0.4) is 0 Å². The maximum atomic E-state index is 13.4. The highest BCUT2D eigenvalue weighted by Gasteiger charge is 2.26. The van der Waals surface area contributed by atoms with Crippen molar-refractivity contribution in [3.63, 3.8) is 0 Å². The van der Waals surface area contributed by atoms with E-state index in [1.807, 2.05) is 0 Å². The molecule has 1 aromatic carbocycles. The first kappa shape index (κ1) is 14.9. The van der Waals surface area contributed by atoms with E-state index in [0.29, 0.717) is 0 Å². The second kappa shape index (κ2) is 5.64. The van der Waals surface area contributed by atoms with Crippen LogP contribution in [-0.4, -0.2) is 22.5 Å². The summed E-state index contributed by atoms with van der Waals surface area (Å²) in [7, 11) is 0. The number of benzene rings is 1. The van der Waals surface area contributed by atoms with Gasteiger partial charge in [-0.05, 0) is 26.0 Å². The molecule has 1 rings (SSSR count). The van der Waals surface area contributed by atoms with E-state index in [-0.39, 0.29) is 11.4 Å². The van der Waals surface area contributed by atoms with E-state index in [1.54, 1.807) is 0 Å². The van der Waals surface area contributed by atoms with Gasteiger partial charge in [-0.25, -0.2) is 8.78 Å². The summed E-state index contributed by atoms with van der Waals surface area (Å²) in [5, 5.41) is 13.8. The number of nitrogens with two attached hydrogens (primary N) is 1. The number of oxime groups is 1. The minimum Gasteiger partial charge on any atom is -0.409 e. The molecule has 0 radical (unpaired) electrons. The van der Waals surface area contributed by atoms with Crippen LogP contribution in [0, 0.1) is 11.6 Å². The zero-order chi connectivity index (χ0) is 14.6. The van der Waals surface area contributed by atoms with Crippen molar-refractivity contribution in [2.24, 2.45) is 10.9 Å². The van der Waals surface area contributed by atoms with Crippen LogP contribution >= 0.6 is 0 Å². The molecule has 0 bridgehead atoms. The molecule has 0 atom stereocenters. The topological polar surface area (TPSA) is 87.7 Å². The molecule has 7 heteroatoms. The molecule has 0 heterocycles. The Morgan fingerprint density at radius 1 is 1.42 bits per heavy atom. The Labute approximate surface area is 109 Å². The minimum absolute atomic E-state index is 0.213. The van der Waals surface area contributed by atoms with Crippen LogP contribution < -0.4 is 11.1 Å². The van der Waals surface area contributed by atoms with Crippen molar-refractivity contribution in [3.05, 3.63) is 35.4 Å². The number of hydrogen-bond donors (Lipinski definition) is 3. The fourth-order valence-corrected chi connectivity index (χ4v) is 1.44. The summed E-state index contributed by atoms with van der Waals surface area (Å²) >= 11 is 0. The number of amides is 1. The van der Waals surface area contributed by atoms with E-state index >= 15 is 0 Å². The lowest BCUT2D eigenvalue weighted by Gasteiger charge is -2.24. The highest BCUT2D eigenvalue weighted by atomic mass is 19.1. The Kier molecular flexibility index (Phi) is 4.42. The van der Waals surface area contributed by atoms with Gasteiger partial charge < -0.3 is 16.3 Å². The van der Waals surface area contributed by atoms with Gasteiger partial charge in [-0.3, -0.25) is 4.79 Å². The Morgan fingerprint density at radius 2 is 1.95 bits per heavy atom. The first-order valence-corrected chi connectivity index (χ1v) is 5.50. The number of carbonyl (C=O) groups excluding carboxylic acids is 1. The van der Waals surface area contributed by atoms with Crippen molar-refractivity contribution >= 4 is 11.7 Å². The average Bonchev–Trinajstić information content (AvgIpc) is 2.32. The van der Waals surface area contributed by atoms with E-state index in [2.05, 4.69) is 10.5 Å². The lowest BCUT2D eigenvalue weighted by atomic mass is 10.0. The summed E-state index contributed by atoms with van der Waals surface area (Å²) in [5.41, 5.74) is 3.95. The average molecular weight is 271 g/mol. The fraction of sp³-hybridized carbons (Fsp3) is 0.333. The molecular formula is C12H15F2N3O2. The molecule has 1 amide bonds. The molecule has 104 valence electrons. The number of rotatable bonds is 4. The van der Waals surface area contributed by atoms with E-state index in [1.165, 1.54) is 19.9 Å². The molecule has 19 heavy (non-hydrogen) atoms. The van der Waals surface area contributed by atoms with Gasteiger partial charge in [0.1, 0.15) is 11.6 Å². The van der Waals surface area contributed by atoms with Crippen LogP contribution in [-0.2, 0) is 11.2 Å². The third-order valence-corrected chi connectivity index (χ3v) is 2.60. The monoisotopic (exact) mass is 271 g/mol. The van der Waals surface area contributed by atoms with Crippen molar-refractivity contribution in [1.82, 2.24) is 5.32 Å². The van der Waals surface area contributed by atoms with Crippen molar-refractivity contribution in [2.45, 2.75) is 25.8 Å². The SMILES string of the molecule is CC(C)(NC(=O)Cc1c(F)cccc1F)C(N)=NO. The number of hydrogen-bond acceptors (Lipinski definition) is 3. The Hall–Kier alpha value is -2.18. The van der Waals surface area contributed by atoms with Crippen molar-refractivity contribution in [1.29, 1.82) is 0 Å². The van der Waals surface area contributed by atoms with Gasteiger partial charge in [0, 0.05) is 5.56 Å². The second-order valence-electron chi connectivity index (χ2n) is 4.54. The number of nitrogens with zero attached hydrogens (tertiary/aromatic N) is 1. The predicted molar refractivity (Wildman–Crippen MR) is 65.7 cm³/mol. The second-order valence-corrected chi connectivity index (χ2v) is 4.54. The fourth-order valence-electron chi connectivity index (χ4n) is 1.44. The van der Waals surface area contributed by atoms with Gasteiger partial charge >= 0.3 is 0 Å². The number of halogens is 2. The molecule has 0 aliphatic carbocycles. The van der Waals surface area contributed by atoms with E-state index < -0.39 is 29.5 Å². The predicted octanol–water partition coefficient (Wildman–Crippen LogP) is 1.15. The van der Waals surface area contributed by atoms with Gasteiger partial charge in [0.05, 0.1) is 12.0 Å². The summed E-state index contributed by atoms with van der Waals surface area (Å²) in [6.45, 7) is 3.00. The molecule has 0 unspecified atom stereocenters. The third kappa shape index (κ3) is 3.64. The standard InChI is InChI=1S/C12H15F2N3O2/c1-12(2,11(15)17-19)16-10(18)6-7-8(13)4-3-5-9(7)14/h3-5,19H,6H2,1-2H3,(H2,15,17)(H,16,18). The molecule has 0 fully saturated rings. The molecule has 0 aliphatic heterocycles. The third-order valence-electron chi connectivity index (χ3n) is 2.60. The molecule has 0 saturated heterocycles. The van der Waals surface area contributed by atoms with Crippen molar-refractivity contribution in [3.8, 4) is 0 Å². The quantitative estimate of drug-likeness (QED) is 0.332. The molecule has 0 saturated carbocycles. The normalized spacial score (nSPS) is 12.3. The minimum atomic E-state index is -1.12. The van der Waals surface area contributed by atoms with E-state index in [0.717, 1.165) is 12.1 Å². The van der Waals surface area contributed by atoms with Crippen LogP contribution in [0.5, 0.6) is 0 Å². The summed E-state index contributed by atoms with van der Waals surface area (Å²) in [6.07, 6.45) is -0.472.